The molecule has 2 aromatic carbocycles. The summed E-state index contributed by atoms with van der Waals surface area (Å²) in [6.45, 7) is 0. The van der Waals surface area contributed by atoms with Crippen LogP contribution in [0.3, 0.4) is 0 Å². The second kappa shape index (κ2) is 5.79. The van der Waals surface area contributed by atoms with Gasteiger partial charge in [0.15, 0.2) is 11.4 Å². The number of para-hydroxylation sites is 1. The van der Waals surface area contributed by atoms with E-state index in [1.165, 1.54) is 7.11 Å². The number of fused-ring (bicyclic) bond motifs is 1. The van der Waals surface area contributed by atoms with Crippen molar-refractivity contribution in [3.8, 4) is 5.75 Å². The summed E-state index contributed by atoms with van der Waals surface area (Å²) in [4.78, 5) is 24.8. The highest BCUT2D eigenvalue weighted by atomic mass is 79.9. The van der Waals surface area contributed by atoms with Gasteiger partial charge < -0.3 is 15.2 Å². The molecule has 6 heteroatoms. The molecule has 0 radical (unpaired) electrons. The van der Waals surface area contributed by atoms with Gasteiger partial charge in [0, 0.05) is 15.7 Å². The molecule has 2 aromatic rings. The molecule has 23 heavy (non-hydrogen) atoms. The maximum absolute atomic E-state index is 12.6. The maximum Gasteiger partial charge on any atom is 0.261 e. The summed E-state index contributed by atoms with van der Waals surface area (Å²) in [6, 6.07) is 11.8. The second-order valence-corrected chi connectivity index (χ2v) is 6.22. The molecule has 0 fully saturated rings. The first-order chi connectivity index (χ1) is 11.0. The number of halogens is 1. The van der Waals surface area contributed by atoms with Crippen LogP contribution in [0, 0.1) is 0 Å². The molecule has 3 rings (SSSR count). The zero-order valence-electron chi connectivity index (χ0n) is 12.3. The zero-order chi connectivity index (χ0) is 16.6. The van der Waals surface area contributed by atoms with Crippen LogP contribution in [0.2, 0.25) is 0 Å². The average Bonchev–Trinajstić information content (AvgIpc) is 2.78. The molecule has 0 spiro atoms. The molecule has 0 aromatic heterocycles. The lowest BCUT2D eigenvalue weighted by Crippen LogP contribution is -2.36. The number of carbonyl (C=O) groups is 2. The normalized spacial score (nSPS) is 19.2. The number of ketones is 1. The second-order valence-electron chi connectivity index (χ2n) is 5.30. The number of Topliss-reactive ketones (excluding diaryl/α,β-unsaturated/α-hetero) is 1. The first-order valence-corrected chi connectivity index (χ1v) is 7.75. The van der Waals surface area contributed by atoms with Gasteiger partial charge in [0.25, 0.3) is 5.91 Å². The van der Waals surface area contributed by atoms with Crippen molar-refractivity contribution in [3.05, 3.63) is 58.1 Å². The van der Waals surface area contributed by atoms with Crippen LogP contribution in [0.5, 0.6) is 5.75 Å². The van der Waals surface area contributed by atoms with Gasteiger partial charge in [0.1, 0.15) is 5.75 Å². The maximum atomic E-state index is 12.6. The highest BCUT2D eigenvalue weighted by Gasteiger charge is 2.47. The lowest BCUT2D eigenvalue weighted by atomic mass is 9.88. The van der Waals surface area contributed by atoms with Crippen molar-refractivity contribution < 1.29 is 19.4 Å². The fourth-order valence-electron chi connectivity index (χ4n) is 2.69. The molecule has 1 amide bonds. The summed E-state index contributed by atoms with van der Waals surface area (Å²) in [5.74, 6) is -0.559. The van der Waals surface area contributed by atoms with Crippen LogP contribution in [0.25, 0.3) is 0 Å². The van der Waals surface area contributed by atoms with Crippen LogP contribution in [-0.4, -0.2) is 23.9 Å². The summed E-state index contributed by atoms with van der Waals surface area (Å²) in [6.07, 6.45) is -0.358. The predicted molar refractivity (Wildman–Crippen MR) is 88.6 cm³/mol. The van der Waals surface area contributed by atoms with Crippen LogP contribution in [0.15, 0.2) is 46.9 Å². The zero-order valence-corrected chi connectivity index (χ0v) is 13.9. The Hall–Kier alpha value is -2.18. The van der Waals surface area contributed by atoms with E-state index in [0.29, 0.717) is 22.6 Å². The van der Waals surface area contributed by atoms with Crippen molar-refractivity contribution in [2.75, 3.05) is 12.4 Å². The minimum atomic E-state index is -1.89. The van der Waals surface area contributed by atoms with Crippen molar-refractivity contribution in [3.63, 3.8) is 0 Å². The van der Waals surface area contributed by atoms with E-state index in [1.54, 1.807) is 42.5 Å². The Labute approximate surface area is 141 Å². The lowest BCUT2D eigenvalue weighted by Gasteiger charge is -2.20. The number of aliphatic hydroxyl groups is 1. The van der Waals surface area contributed by atoms with Crippen molar-refractivity contribution in [2.24, 2.45) is 0 Å². The van der Waals surface area contributed by atoms with Crippen LogP contribution >= 0.6 is 15.9 Å². The predicted octanol–water partition coefficient (Wildman–Crippen LogP) is 2.87. The van der Waals surface area contributed by atoms with Gasteiger partial charge in [-0.1, -0.05) is 28.1 Å². The number of anilines is 1. The van der Waals surface area contributed by atoms with Gasteiger partial charge in [0.05, 0.1) is 19.1 Å². The standard InChI is InChI=1S/C17H14BrNO4/c1-23-15-5-3-2-4-11(15)14(20)9-17(22)12-8-10(18)6-7-13(12)19-16(17)21/h2-8,22H,9H2,1H3,(H,19,21)/t17-/m1/s1. The molecule has 1 atom stereocenters. The third kappa shape index (κ3) is 2.64. The monoisotopic (exact) mass is 375 g/mol. The van der Waals surface area contributed by atoms with Crippen LogP contribution < -0.4 is 10.1 Å². The van der Waals surface area contributed by atoms with E-state index in [0.717, 1.165) is 4.47 Å². The van der Waals surface area contributed by atoms with E-state index in [1.807, 2.05) is 0 Å². The number of hydrogen-bond acceptors (Lipinski definition) is 4. The van der Waals surface area contributed by atoms with E-state index < -0.39 is 11.5 Å². The molecular weight excluding hydrogens is 362 g/mol. The number of benzene rings is 2. The van der Waals surface area contributed by atoms with E-state index in [-0.39, 0.29) is 12.2 Å². The van der Waals surface area contributed by atoms with Gasteiger partial charge in [-0.3, -0.25) is 9.59 Å². The van der Waals surface area contributed by atoms with E-state index in [4.69, 9.17) is 4.74 Å². The van der Waals surface area contributed by atoms with Crippen molar-refractivity contribution in [2.45, 2.75) is 12.0 Å². The van der Waals surface area contributed by atoms with Crippen molar-refractivity contribution in [1.29, 1.82) is 0 Å². The van der Waals surface area contributed by atoms with Gasteiger partial charge in [-0.05, 0) is 30.3 Å². The topological polar surface area (TPSA) is 75.6 Å². The molecule has 0 unspecified atom stereocenters. The third-order valence-corrected chi connectivity index (χ3v) is 4.37. The molecule has 118 valence electrons. The molecule has 0 saturated heterocycles. The van der Waals surface area contributed by atoms with E-state index in [2.05, 4.69) is 21.2 Å². The average molecular weight is 376 g/mol. The first-order valence-electron chi connectivity index (χ1n) is 6.96. The molecule has 1 heterocycles. The minimum absolute atomic E-state index is 0.333. The van der Waals surface area contributed by atoms with Crippen LogP contribution in [0.1, 0.15) is 22.3 Å². The SMILES string of the molecule is COc1ccccc1C(=O)C[C@]1(O)C(=O)Nc2ccc(Br)cc21. The summed E-state index contributed by atoms with van der Waals surface area (Å²) >= 11 is 3.32. The van der Waals surface area contributed by atoms with Gasteiger partial charge >= 0.3 is 0 Å². The van der Waals surface area contributed by atoms with Crippen molar-refractivity contribution in [1.82, 2.24) is 0 Å². The molecule has 5 nitrogen and oxygen atoms in total. The molecule has 0 saturated carbocycles. The molecule has 0 bridgehead atoms. The largest absolute Gasteiger partial charge is 0.496 e. The third-order valence-electron chi connectivity index (χ3n) is 3.87. The smallest absolute Gasteiger partial charge is 0.261 e. The Morgan fingerprint density at radius 3 is 2.78 bits per heavy atom. The Bertz CT molecular complexity index is 805. The number of ether oxygens (including phenoxy) is 1. The molecule has 1 aliphatic heterocycles. The first kappa shape index (κ1) is 15.7. The number of amides is 1. The summed E-state index contributed by atoms with van der Waals surface area (Å²) in [7, 11) is 1.47. The van der Waals surface area contributed by atoms with Gasteiger partial charge in [-0.25, -0.2) is 0 Å². The van der Waals surface area contributed by atoms with Gasteiger partial charge in [-0.2, -0.15) is 0 Å². The highest BCUT2D eigenvalue weighted by molar-refractivity contribution is 9.10. The molecular formula is C17H14BrNO4. The molecule has 0 aliphatic carbocycles. The van der Waals surface area contributed by atoms with Gasteiger partial charge in [0.2, 0.25) is 0 Å². The summed E-state index contributed by atoms with van der Waals surface area (Å²) in [5.41, 5.74) is -0.662. The van der Waals surface area contributed by atoms with Crippen LogP contribution in [-0.2, 0) is 10.4 Å². The number of carbonyl (C=O) groups excluding carboxylic acids is 2. The van der Waals surface area contributed by atoms with E-state index in [9.17, 15) is 14.7 Å². The summed E-state index contributed by atoms with van der Waals surface area (Å²) < 4.78 is 5.89. The Kier molecular flexibility index (Phi) is 3.95. The van der Waals surface area contributed by atoms with Gasteiger partial charge in [-0.15, -0.1) is 0 Å². The highest BCUT2D eigenvalue weighted by Crippen LogP contribution is 2.40. The fourth-order valence-corrected chi connectivity index (χ4v) is 3.05. The lowest BCUT2D eigenvalue weighted by molar-refractivity contribution is -0.133. The quantitative estimate of drug-likeness (QED) is 0.805. The number of nitrogens with one attached hydrogen (secondary N) is 1. The fraction of sp³-hybridized carbons (Fsp3) is 0.176. The number of methoxy groups -OCH3 is 1. The van der Waals surface area contributed by atoms with E-state index >= 15 is 0 Å². The minimum Gasteiger partial charge on any atom is -0.496 e. The number of rotatable bonds is 4. The molecule has 1 aliphatic rings. The number of hydrogen-bond donors (Lipinski definition) is 2. The molecule has 2 N–H and O–H groups in total. The summed E-state index contributed by atoms with van der Waals surface area (Å²) in [5, 5.41) is 13.4. The Morgan fingerprint density at radius 1 is 1.30 bits per heavy atom. The Balaban J connectivity index is 1.98. The van der Waals surface area contributed by atoms with Crippen molar-refractivity contribution >= 4 is 33.3 Å². The van der Waals surface area contributed by atoms with Crippen LogP contribution in [0.4, 0.5) is 5.69 Å². The Morgan fingerprint density at radius 2 is 2.04 bits per heavy atom.